The van der Waals surface area contributed by atoms with E-state index in [1.54, 1.807) is 12.1 Å². The van der Waals surface area contributed by atoms with Gasteiger partial charge in [0.05, 0.1) is 10.0 Å². The van der Waals surface area contributed by atoms with Gasteiger partial charge in [-0.2, -0.15) is 0 Å². The van der Waals surface area contributed by atoms with Crippen LogP contribution in [0.15, 0.2) is 42.5 Å². The highest BCUT2D eigenvalue weighted by atomic mass is 79.9. The predicted octanol–water partition coefficient (Wildman–Crippen LogP) is 5.93. The fourth-order valence-electron chi connectivity index (χ4n) is 2.18. The monoisotopic (exact) mass is 374 g/mol. The van der Waals surface area contributed by atoms with E-state index >= 15 is 0 Å². The minimum Gasteiger partial charge on any atom is -0.207 e. The molecule has 0 radical (unpaired) electrons. The maximum Gasteiger partial charge on any atom is 0.123 e. The van der Waals surface area contributed by atoms with Gasteiger partial charge in [0.15, 0.2) is 0 Å². The van der Waals surface area contributed by atoms with E-state index in [1.807, 2.05) is 24.3 Å². The summed E-state index contributed by atoms with van der Waals surface area (Å²) in [6.07, 6.45) is 1.70. The zero-order chi connectivity index (χ0) is 14.5. The fraction of sp³-hybridized carbons (Fsp3) is 0.250. The molecule has 0 bridgehead atoms. The second-order valence-corrected chi connectivity index (χ2v) is 6.27. The summed E-state index contributed by atoms with van der Waals surface area (Å²) in [7, 11) is 0. The quantitative estimate of drug-likeness (QED) is 0.568. The Kier molecular flexibility index (Phi) is 5.88. The largest absolute Gasteiger partial charge is 0.207 e. The first-order chi connectivity index (χ1) is 9.58. The number of hydrogen-bond acceptors (Lipinski definition) is 0. The molecule has 2 aromatic rings. The van der Waals surface area contributed by atoms with Crippen molar-refractivity contribution in [2.24, 2.45) is 5.92 Å². The molecule has 0 nitrogen and oxygen atoms in total. The maximum atomic E-state index is 13.2. The number of hydrogen-bond donors (Lipinski definition) is 0. The van der Waals surface area contributed by atoms with Gasteiger partial charge in [0.1, 0.15) is 5.82 Å². The third kappa shape index (κ3) is 4.47. The van der Waals surface area contributed by atoms with Crippen molar-refractivity contribution >= 4 is 39.1 Å². The lowest BCUT2D eigenvalue weighted by molar-refractivity contribution is 0.582. The van der Waals surface area contributed by atoms with Gasteiger partial charge in [0.25, 0.3) is 0 Å². The molecule has 0 amide bonds. The molecule has 0 fully saturated rings. The molecule has 0 aromatic heterocycles. The van der Waals surface area contributed by atoms with E-state index in [2.05, 4.69) is 15.9 Å². The number of benzene rings is 2. The number of rotatable bonds is 5. The highest BCUT2D eigenvalue weighted by molar-refractivity contribution is 9.09. The molecular formula is C16H14BrCl2F. The lowest BCUT2D eigenvalue weighted by atomic mass is 9.94. The van der Waals surface area contributed by atoms with Gasteiger partial charge in [-0.15, -0.1) is 0 Å². The van der Waals surface area contributed by atoms with Crippen LogP contribution in [0.4, 0.5) is 4.39 Å². The molecule has 2 rings (SSSR count). The summed E-state index contributed by atoms with van der Waals surface area (Å²) in [5.41, 5.74) is 2.15. The third-order valence-corrected chi connectivity index (χ3v) is 4.79. The van der Waals surface area contributed by atoms with Crippen LogP contribution in [0, 0.1) is 11.7 Å². The Morgan fingerprint density at radius 3 is 2.25 bits per heavy atom. The van der Waals surface area contributed by atoms with Crippen LogP contribution in [0.2, 0.25) is 10.0 Å². The Morgan fingerprint density at radius 2 is 1.65 bits per heavy atom. The molecule has 4 heteroatoms. The molecule has 1 atom stereocenters. The number of halogens is 4. The molecule has 20 heavy (non-hydrogen) atoms. The molecule has 106 valence electrons. The first-order valence-corrected chi connectivity index (χ1v) is 8.20. The van der Waals surface area contributed by atoms with Crippen LogP contribution in [0.1, 0.15) is 11.1 Å². The van der Waals surface area contributed by atoms with Gasteiger partial charge in [0, 0.05) is 5.33 Å². The predicted molar refractivity (Wildman–Crippen MR) is 87.6 cm³/mol. The minimum atomic E-state index is -0.189. The third-order valence-electron chi connectivity index (χ3n) is 3.14. The second-order valence-electron chi connectivity index (χ2n) is 4.81. The summed E-state index contributed by atoms with van der Waals surface area (Å²) in [6.45, 7) is 0. The van der Waals surface area contributed by atoms with Crippen molar-refractivity contribution in [3.8, 4) is 0 Å². The van der Waals surface area contributed by atoms with Crippen LogP contribution < -0.4 is 0 Å². The molecule has 0 aliphatic heterocycles. The summed E-state index contributed by atoms with van der Waals surface area (Å²) in [6, 6.07) is 12.4. The van der Waals surface area contributed by atoms with E-state index in [9.17, 15) is 4.39 Å². The highest BCUT2D eigenvalue weighted by Crippen LogP contribution is 2.25. The number of alkyl halides is 1. The van der Waals surface area contributed by atoms with Crippen molar-refractivity contribution in [2.75, 3.05) is 5.33 Å². The van der Waals surface area contributed by atoms with Crippen LogP contribution in [-0.2, 0) is 12.8 Å². The highest BCUT2D eigenvalue weighted by Gasteiger charge is 2.11. The lowest BCUT2D eigenvalue weighted by Gasteiger charge is -2.15. The standard InChI is InChI=1S/C16H14BrCl2F/c17-10-13(6-11-2-1-3-14(20)8-11)7-12-4-5-15(18)16(19)9-12/h1-5,8-9,13H,6-7,10H2. The van der Waals surface area contributed by atoms with E-state index in [1.165, 1.54) is 6.07 Å². The molecule has 0 spiro atoms. The van der Waals surface area contributed by atoms with Crippen LogP contribution in [0.3, 0.4) is 0 Å². The molecule has 0 aliphatic carbocycles. The summed E-state index contributed by atoms with van der Waals surface area (Å²) in [5, 5.41) is 1.99. The van der Waals surface area contributed by atoms with Crippen molar-refractivity contribution in [2.45, 2.75) is 12.8 Å². The SMILES string of the molecule is Fc1cccc(CC(CBr)Cc2ccc(Cl)c(Cl)c2)c1. The second kappa shape index (κ2) is 7.44. The summed E-state index contributed by atoms with van der Waals surface area (Å²) >= 11 is 15.5. The van der Waals surface area contributed by atoms with Gasteiger partial charge in [-0.05, 0) is 54.2 Å². The first-order valence-electron chi connectivity index (χ1n) is 6.33. The molecule has 0 aliphatic rings. The first kappa shape index (κ1) is 15.8. The Labute approximate surface area is 137 Å². The zero-order valence-corrected chi connectivity index (χ0v) is 13.8. The summed E-state index contributed by atoms with van der Waals surface area (Å²) < 4.78 is 13.2. The van der Waals surface area contributed by atoms with Crippen molar-refractivity contribution in [3.63, 3.8) is 0 Å². The van der Waals surface area contributed by atoms with Crippen LogP contribution in [0.5, 0.6) is 0 Å². The van der Waals surface area contributed by atoms with Gasteiger partial charge >= 0.3 is 0 Å². The minimum absolute atomic E-state index is 0.189. The van der Waals surface area contributed by atoms with Crippen molar-refractivity contribution < 1.29 is 4.39 Å². The van der Waals surface area contributed by atoms with E-state index in [0.717, 1.165) is 29.3 Å². The Balaban J connectivity index is 2.07. The zero-order valence-electron chi connectivity index (χ0n) is 10.8. The molecule has 0 saturated carbocycles. The average molecular weight is 376 g/mol. The van der Waals surface area contributed by atoms with Gasteiger partial charge < -0.3 is 0 Å². The van der Waals surface area contributed by atoms with Crippen LogP contribution in [0.25, 0.3) is 0 Å². The Bertz CT molecular complexity index is 586. The van der Waals surface area contributed by atoms with Gasteiger partial charge in [-0.25, -0.2) is 4.39 Å². The Morgan fingerprint density at radius 1 is 0.950 bits per heavy atom. The lowest BCUT2D eigenvalue weighted by Crippen LogP contribution is -2.10. The maximum absolute atomic E-state index is 13.2. The van der Waals surface area contributed by atoms with Crippen LogP contribution in [-0.4, -0.2) is 5.33 Å². The van der Waals surface area contributed by atoms with E-state index in [4.69, 9.17) is 23.2 Å². The van der Waals surface area contributed by atoms with Gasteiger partial charge in [0.2, 0.25) is 0 Å². The van der Waals surface area contributed by atoms with E-state index in [0.29, 0.717) is 16.0 Å². The van der Waals surface area contributed by atoms with E-state index in [-0.39, 0.29) is 5.82 Å². The van der Waals surface area contributed by atoms with Crippen molar-refractivity contribution in [3.05, 3.63) is 69.5 Å². The van der Waals surface area contributed by atoms with Crippen molar-refractivity contribution in [1.29, 1.82) is 0 Å². The molecule has 2 aromatic carbocycles. The van der Waals surface area contributed by atoms with E-state index < -0.39 is 0 Å². The van der Waals surface area contributed by atoms with Gasteiger partial charge in [-0.3, -0.25) is 0 Å². The molecule has 1 unspecified atom stereocenters. The van der Waals surface area contributed by atoms with Crippen LogP contribution >= 0.6 is 39.1 Å². The molecule has 0 N–H and O–H groups in total. The smallest absolute Gasteiger partial charge is 0.123 e. The molecule has 0 heterocycles. The topological polar surface area (TPSA) is 0 Å². The normalized spacial score (nSPS) is 12.4. The average Bonchev–Trinajstić information content (AvgIpc) is 2.42. The summed E-state index contributed by atoms with van der Waals surface area (Å²) in [4.78, 5) is 0. The van der Waals surface area contributed by atoms with Crippen molar-refractivity contribution in [1.82, 2.24) is 0 Å². The fourth-order valence-corrected chi connectivity index (χ4v) is 2.96. The van der Waals surface area contributed by atoms with Gasteiger partial charge in [-0.1, -0.05) is 57.3 Å². The molecule has 0 saturated heterocycles. The molecular weight excluding hydrogens is 362 g/mol. The Hall–Kier alpha value is -0.570. The summed E-state index contributed by atoms with van der Waals surface area (Å²) in [5.74, 6) is 0.194.